The fourth-order valence-corrected chi connectivity index (χ4v) is 7.90. The SMILES string of the molecule is CCCCCc1ccc(C(=O)[C@@H]2[C@H](C(=O)c3ccc([N+](=O)[O-])cc3)N3c4ccccc4C(C)=C[C@H]3[C@@]23C(=O)Nc2ccccc23)cc1. The molecule has 0 bridgehead atoms. The molecule has 1 N–H and O–H groups in total. The second-order valence-electron chi connectivity index (χ2n) is 12.7. The van der Waals surface area contributed by atoms with Gasteiger partial charge in [-0.1, -0.05) is 86.5 Å². The van der Waals surface area contributed by atoms with E-state index < -0.39 is 28.3 Å². The Morgan fingerprint density at radius 2 is 1.53 bits per heavy atom. The van der Waals surface area contributed by atoms with E-state index in [0.717, 1.165) is 48.1 Å². The van der Waals surface area contributed by atoms with Crippen molar-refractivity contribution in [3.8, 4) is 0 Å². The first-order chi connectivity index (χ1) is 22.8. The zero-order valence-corrected chi connectivity index (χ0v) is 26.3. The van der Waals surface area contributed by atoms with Gasteiger partial charge < -0.3 is 10.2 Å². The standard InChI is InChI=1S/C39H35N3O5/c1-3-4-5-10-25-15-17-26(18-16-25)36(43)34-35(37(44)27-19-21-28(22-20-27)42(46)47)41-32-14-9-6-11-29(32)24(2)23-33(41)39(34)30-12-7-8-13-31(30)40-38(39)45/h6-9,11-23,33-35H,3-5,10H2,1-2H3,(H,40,45)/t33-,34-,35+,39+/m0/s1. The van der Waals surface area contributed by atoms with Crippen molar-refractivity contribution < 1.29 is 19.3 Å². The number of nitro groups is 1. The highest BCUT2D eigenvalue weighted by molar-refractivity contribution is 6.18. The number of unbranched alkanes of at least 4 members (excludes halogenated alkanes) is 2. The second kappa shape index (κ2) is 11.8. The molecule has 4 aromatic rings. The molecule has 0 radical (unpaired) electrons. The molecule has 1 spiro atoms. The van der Waals surface area contributed by atoms with Crippen LogP contribution in [-0.4, -0.2) is 34.5 Å². The number of rotatable bonds is 9. The minimum Gasteiger partial charge on any atom is -0.352 e. The number of allylic oxidation sites excluding steroid dienone is 1. The van der Waals surface area contributed by atoms with Gasteiger partial charge in [-0.2, -0.15) is 0 Å². The first kappa shape index (κ1) is 30.3. The van der Waals surface area contributed by atoms with Crippen LogP contribution >= 0.6 is 0 Å². The fourth-order valence-electron chi connectivity index (χ4n) is 7.90. The van der Waals surface area contributed by atoms with Gasteiger partial charge in [0, 0.05) is 40.2 Å². The van der Waals surface area contributed by atoms with Gasteiger partial charge in [-0.05, 0) is 60.7 Å². The monoisotopic (exact) mass is 625 g/mol. The number of nitrogens with zero attached hydrogens (tertiary/aromatic N) is 2. The predicted molar refractivity (Wildman–Crippen MR) is 182 cm³/mol. The van der Waals surface area contributed by atoms with Crippen LogP contribution in [0.2, 0.25) is 0 Å². The first-order valence-electron chi connectivity index (χ1n) is 16.2. The van der Waals surface area contributed by atoms with Crippen LogP contribution in [-0.2, 0) is 16.6 Å². The number of nitrogens with one attached hydrogen (secondary N) is 1. The molecule has 47 heavy (non-hydrogen) atoms. The van der Waals surface area contributed by atoms with Gasteiger partial charge >= 0.3 is 0 Å². The number of Topliss-reactive ketones (excluding diaryl/α,β-unsaturated/α-hetero) is 2. The van der Waals surface area contributed by atoms with Gasteiger partial charge in [0.1, 0.15) is 11.5 Å². The van der Waals surface area contributed by atoms with Crippen LogP contribution < -0.4 is 10.2 Å². The van der Waals surface area contributed by atoms with Crippen molar-refractivity contribution in [2.75, 3.05) is 10.2 Å². The van der Waals surface area contributed by atoms with E-state index in [1.807, 2.05) is 90.7 Å². The molecule has 0 saturated carbocycles. The van der Waals surface area contributed by atoms with Crippen LogP contribution in [0.4, 0.5) is 17.1 Å². The topological polar surface area (TPSA) is 110 Å². The molecular formula is C39H35N3O5. The fraction of sp³-hybridized carbons (Fsp3) is 0.256. The molecule has 4 aromatic carbocycles. The summed E-state index contributed by atoms with van der Waals surface area (Å²) in [7, 11) is 0. The number of aryl methyl sites for hydroxylation is 1. The Hall–Kier alpha value is -5.37. The molecule has 3 heterocycles. The lowest BCUT2D eigenvalue weighted by atomic mass is 9.64. The normalized spacial score (nSPS) is 22.3. The Morgan fingerprint density at radius 1 is 0.872 bits per heavy atom. The minimum absolute atomic E-state index is 0.139. The lowest BCUT2D eigenvalue weighted by molar-refractivity contribution is -0.384. The second-order valence-corrected chi connectivity index (χ2v) is 12.7. The molecule has 1 saturated heterocycles. The van der Waals surface area contributed by atoms with E-state index in [1.54, 1.807) is 0 Å². The number of carbonyl (C=O) groups is 3. The number of benzene rings is 4. The number of fused-ring (bicyclic) bond motifs is 6. The number of ketones is 2. The minimum atomic E-state index is -1.43. The summed E-state index contributed by atoms with van der Waals surface area (Å²) in [5.41, 5.74) is 4.15. The summed E-state index contributed by atoms with van der Waals surface area (Å²) in [4.78, 5) is 57.4. The first-order valence-corrected chi connectivity index (χ1v) is 16.2. The molecule has 0 aromatic heterocycles. The molecule has 1 amide bonds. The Bertz CT molecular complexity index is 1950. The maximum atomic E-state index is 15.1. The zero-order valence-electron chi connectivity index (χ0n) is 26.3. The van der Waals surface area contributed by atoms with Crippen LogP contribution in [0.3, 0.4) is 0 Å². The highest BCUT2D eigenvalue weighted by Gasteiger charge is 2.70. The Kier molecular flexibility index (Phi) is 7.59. The summed E-state index contributed by atoms with van der Waals surface area (Å²) in [6.07, 6.45) is 6.22. The number of hydrogen-bond acceptors (Lipinski definition) is 6. The van der Waals surface area contributed by atoms with E-state index in [1.165, 1.54) is 24.3 Å². The quantitative estimate of drug-likeness (QED) is 0.0889. The van der Waals surface area contributed by atoms with Gasteiger partial charge in [-0.25, -0.2) is 0 Å². The molecule has 8 nitrogen and oxygen atoms in total. The molecule has 1 fully saturated rings. The summed E-state index contributed by atoms with van der Waals surface area (Å²) in [5.74, 6) is -2.11. The van der Waals surface area contributed by atoms with Crippen LogP contribution in [0.1, 0.15) is 70.5 Å². The average molecular weight is 626 g/mol. The van der Waals surface area contributed by atoms with Gasteiger partial charge in [0.25, 0.3) is 5.69 Å². The van der Waals surface area contributed by atoms with Crippen molar-refractivity contribution in [1.82, 2.24) is 0 Å². The Morgan fingerprint density at radius 3 is 2.26 bits per heavy atom. The van der Waals surface area contributed by atoms with Crippen molar-refractivity contribution in [2.45, 2.75) is 57.0 Å². The van der Waals surface area contributed by atoms with E-state index in [2.05, 4.69) is 12.2 Å². The molecule has 4 atom stereocenters. The van der Waals surface area contributed by atoms with Crippen molar-refractivity contribution in [3.05, 3.63) is 141 Å². The summed E-state index contributed by atoms with van der Waals surface area (Å²) in [6.45, 7) is 4.15. The number of carbonyl (C=O) groups excluding carboxylic acids is 3. The van der Waals surface area contributed by atoms with Gasteiger partial charge in [0.15, 0.2) is 11.6 Å². The summed E-state index contributed by atoms with van der Waals surface area (Å²) >= 11 is 0. The third kappa shape index (κ3) is 4.70. The highest BCUT2D eigenvalue weighted by atomic mass is 16.6. The third-order valence-corrected chi connectivity index (χ3v) is 10.1. The molecule has 0 unspecified atom stereocenters. The molecule has 236 valence electrons. The zero-order chi connectivity index (χ0) is 32.9. The van der Waals surface area contributed by atoms with E-state index >= 15 is 4.79 Å². The lowest BCUT2D eigenvalue weighted by Gasteiger charge is -2.39. The summed E-state index contributed by atoms with van der Waals surface area (Å²) in [5, 5.41) is 14.5. The van der Waals surface area contributed by atoms with Crippen molar-refractivity contribution in [3.63, 3.8) is 0 Å². The molecule has 3 aliphatic heterocycles. The number of amides is 1. The number of nitro benzene ring substituents is 1. The van der Waals surface area contributed by atoms with E-state index in [-0.39, 0.29) is 28.7 Å². The summed E-state index contributed by atoms with van der Waals surface area (Å²) < 4.78 is 0. The maximum absolute atomic E-state index is 15.1. The number of non-ortho nitro benzene ring substituents is 1. The molecule has 0 aliphatic carbocycles. The van der Waals surface area contributed by atoms with E-state index in [4.69, 9.17) is 0 Å². The molecule has 7 rings (SSSR count). The largest absolute Gasteiger partial charge is 0.352 e. The van der Waals surface area contributed by atoms with Gasteiger partial charge in [-0.15, -0.1) is 0 Å². The van der Waals surface area contributed by atoms with E-state index in [9.17, 15) is 19.7 Å². The third-order valence-electron chi connectivity index (χ3n) is 10.1. The van der Waals surface area contributed by atoms with Crippen LogP contribution in [0.15, 0.2) is 103 Å². The van der Waals surface area contributed by atoms with Gasteiger partial charge in [0.05, 0.1) is 16.9 Å². The van der Waals surface area contributed by atoms with Crippen molar-refractivity contribution >= 4 is 40.1 Å². The smallest absolute Gasteiger partial charge is 0.269 e. The van der Waals surface area contributed by atoms with Crippen LogP contribution in [0.25, 0.3) is 5.57 Å². The van der Waals surface area contributed by atoms with Crippen LogP contribution in [0.5, 0.6) is 0 Å². The van der Waals surface area contributed by atoms with Crippen molar-refractivity contribution in [1.29, 1.82) is 0 Å². The van der Waals surface area contributed by atoms with Crippen LogP contribution in [0, 0.1) is 16.0 Å². The molecule has 3 aliphatic rings. The van der Waals surface area contributed by atoms with Crippen molar-refractivity contribution in [2.24, 2.45) is 5.92 Å². The number of anilines is 2. The van der Waals surface area contributed by atoms with Gasteiger partial charge in [0.2, 0.25) is 5.91 Å². The predicted octanol–water partition coefficient (Wildman–Crippen LogP) is 7.57. The molecular weight excluding hydrogens is 590 g/mol. The lowest BCUT2D eigenvalue weighted by Crippen LogP contribution is -2.51. The number of para-hydroxylation sites is 2. The highest BCUT2D eigenvalue weighted by Crippen LogP contribution is 2.58. The average Bonchev–Trinajstić information content (AvgIpc) is 3.56. The van der Waals surface area contributed by atoms with E-state index in [0.29, 0.717) is 16.8 Å². The maximum Gasteiger partial charge on any atom is 0.269 e. The number of hydrogen-bond donors (Lipinski definition) is 1. The Labute approximate surface area is 273 Å². The Balaban J connectivity index is 1.45. The summed E-state index contributed by atoms with van der Waals surface area (Å²) in [6, 6.07) is 26.4. The van der Waals surface area contributed by atoms with Gasteiger partial charge in [-0.3, -0.25) is 24.5 Å². The molecule has 8 heteroatoms.